The Bertz CT molecular complexity index is 77.7. The molecular weight excluding hydrogens is 87.5 g/mol. The van der Waals surface area contributed by atoms with Gasteiger partial charge in [0.15, 0.2) is 0 Å². The molecular formula is C2H3ClN2. The number of hydrazone groups is 1. The highest BCUT2D eigenvalue weighted by molar-refractivity contribution is 6.67. The van der Waals surface area contributed by atoms with Crippen molar-refractivity contribution in [3.63, 3.8) is 0 Å². The average Bonchev–Trinajstić information content (AvgIpc) is 1.79. The van der Waals surface area contributed by atoms with E-state index < -0.39 is 0 Å². The van der Waals surface area contributed by atoms with Crippen molar-refractivity contribution in [2.75, 3.05) is 7.05 Å². The highest BCUT2D eigenvalue weighted by Gasteiger charge is 2.12. The number of amidine groups is 1. The van der Waals surface area contributed by atoms with Gasteiger partial charge in [0.05, 0.1) is 0 Å². The molecule has 5 heavy (non-hydrogen) atoms. The summed E-state index contributed by atoms with van der Waals surface area (Å²) in [5, 5.41) is 5.77. The second-order valence-electron chi connectivity index (χ2n) is 0.893. The largest absolute Gasteiger partial charge is 0.237 e. The SMILES string of the molecule is CN1N=C1Cl. The van der Waals surface area contributed by atoms with Crippen LogP contribution in [0.1, 0.15) is 0 Å². The second kappa shape index (κ2) is 0.627. The van der Waals surface area contributed by atoms with E-state index >= 15 is 0 Å². The number of halogens is 1. The Kier molecular flexibility index (Phi) is 0.372. The lowest BCUT2D eigenvalue weighted by Crippen LogP contribution is -1.86. The predicted molar refractivity (Wildman–Crippen MR) is 21.1 cm³/mol. The second-order valence-corrected chi connectivity index (χ2v) is 1.23. The molecule has 0 aromatic carbocycles. The van der Waals surface area contributed by atoms with Crippen molar-refractivity contribution in [3.8, 4) is 0 Å². The van der Waals surface area contributed by atoms with E-state index in [9.17, 15) is 0 Å². The molecule has 1 aliphatic heterocycles. The fourth-order valence-corrected chi connectivity index (χ4v) is 0.215. The summed E-state index contributed by atoms with van der Waals surface area (Å²) in [6.07, 6.45) is 0. The van der Waals surface area contributed by atoms with Crippen LogP contribution < -0.4 is 0 Å². The van der Waals surface area contributed by atoms with Gasteiger partial charge in [-0.15, -0.1) is 5.10 Å². The molecule has 1 rings (SSSR count). The van der Waals surface area contributed by atoms with Gasteiger partial charge in [-0.2, -0.15) is 0 Å². The maximum atomic E-state index is 5.21. The molecule has 2 nitrogen and oxygen atoms in total. The number of hydrogen-bond acceptors (Lipinski definition) is 2. The fraction of sp³-hybridized carbons (Fsp3) is 0.500. The summed E-state index contributed by atoms with van der Waals surface area (Å²) in [6.45, 7) is 0. The van der Waals surface area contributed by atoms with Gasteiger partial charge < -0.3 is 0 Å². The Labute approximate surface area is 35.0 Å². The van der Waals surface area contributed by atoms with Gasteiger partial charge in [0.2, 0.25) is 5.29 Å². The van der Waals surface area contributed by atoms with Crippen molar-refractivity contribution >= 4 is 16.9 Å². The summed E-state index contributed by atoms with van der Waals surface area (Å²) in [6, 6.07) is 0. The first-order valence-corrected chi connectivity index (χ1v) is 1.66. The Hall–Kier alpha value is -0.240. The number of hydrogen-bond donors (Lipinski definition) is 0. The lowest BCUT2D eigenvalue weighted by molar-refractivity contribution is 0.689. The van der Waals surface area contributed by atoms with Crippen LogP contribution >= 0.6 is 11.6 Å². The van der Waals surface area contributed by atoms with Gasteiger partial charge in [0.25, 0.3) is 0 Å². The molecule has 0 spiro atoms. The van der Waals surface area contributed by atoms with Gasteiger partial charge in [-0.3, -0.25) is 0 Å². The molecule has 0 aromatic rings. The van der Waals surface area contributed by atoms with Crippen molar-refractivity contribution in [2.45, 2.75) is 0 Å². The lowest BCUT2D eigenvalue weighted by Gasteiger charge is -1.73. The van der Waals surface area contributed by atoms with Crippen LogP contribution in [0.4, 0.5) is 0 Å². The van der Waals surface area contributed by atoms with Crippen LogP contribution in [0.15, 0.2) is 5.10 Å². The average molecular weight is 90.5 g/mol. The quantitative estimate of drug-likeness (QED) is 0.394. The van der Waals surface area contributed by atoms with E-state index in [1.165, 1.54) is 0 Å². The van der Waals surface area contributed by atoms with Crippen LogP contribution in [0.5, 0.6) is 0 Å². The van der Waals surface area contributed by atoms with E-state index in [0.717, 1.165) is 0 Å². The van der Waals surface area contributed by atoms with E-state index in [4.69, 9.17) is 11.6 Å². The van der Waals surface area contributed by atoms with Gasteiger partial charge in [-0.1, -0.05) is 0 Å². The normalized spacial score (nSPS) is 18.8. The lowest BCUT2D eigenvalue weighted by atomic mass is 11.3. The molecule has 0 bridgehead atoms. The van der Waals surface area contributed by atoms with Crippen LogP contribution in [0, 0.1) is 0 Å². The monoisotopic (exact) mass is 90.0 g/mol. The topological polar surface area (TPSA) is 15.4 Å². The van der Waals surface area contributed by atoms with Gasteiger partial charge in [-0.25, -0.2) is 5.01 Å². The van der Waals surface area contributed by atoms with Gasteiger partial charge >= 0.3 is 0 Å². The van der Waals surface area contributed by atoms with Crippen LogP contribution in [0.2, 0.25) is 0 Å². The summed E-state index contributed by atoms with van der Waals surface area (Å²) < 4.78 is 0. The number of nitrogens with zero attached hydrogens (tertiary/aromatic N) is 2. The summed E-state index contributed by atoms with van der Waals surface area (Å²) in [5.74, 6) is 0. The molecule has 0 amide bonds. The van der Waals surface area contributed by atoms with Gasteiger partial charge in [-0.05, 0) is 11.6 Å². The van der Waals surface area contributed by atoms with Crippen molar-refractivity contribution in [1.82, 2.24) is 5.01 Å². The van der Waals surface area contributed by atoms with Crippen molar-refractivity contribution in [3.05, 3.63) is 0 Å². The third-order valence-corrected chi connectivity index (χ3v) is 0.780. The Morgan fingerprint density at radius 1 is 2.00 bits per heavy atom. The molecule has 0 aliphatic carbocycles. The minimum absolute atomic E-state index is 0.602. The molecule has 0 atom stereocenters. The van der Waals surface area contributed by atoms with Gasteiger partial charge in [0.1, 0.15) is 0 Å². The van der Waals surface area contributed by atoms with Crippen molar-refractivity contribution in [2.24, 2.45) is 5.10 Å². The van der Waals surface area contributed by atoms with Crippen molar-refractivity contribution in [1.29, 1.82) is 0 Å². The Balaban J connectivity index is 2.38. The van der Waals surface area contributed by atoms with E-state index in [-0.39, 0.29) is 0 Å². The molecule has 1 heterocycles. The highest BCUT2D eigenvalue weighted by atomic mass is 35.5. The third kappa shape index (κ3) is 0.351. The molecule has 0 fully saturated rings. The molecule has 0 unspecified atom stereocenters. The Morgan fingerprint density at radius 3 is 2.20 bits per heavy atom. The first-order chi connectivity index (χ1) is 2.30. The standard InChI is InChI=1S/C2H3ClN2/c1-5-2(3)4-5/h1H3. The van der Waals surface area contributed by atoms with Crippen LogP contribution in [-0.4, -0.2) is 17.4 Å². The molecule has 0 radical (unpaired) electrons. The van der Waals surface area contributed by atoms with Crippen LogP contribution in [-0.2, 0) is 0 Å². The first-order valence-electron chi connectivity index (χ1n) is 1.28. The van der Waals surface area contributed by atoms with E-state index in [0.29, 0.717) is 5.29 Å². The third-order valence-electron chi connectivity index (χ3n) is 0.460. The molecule has 3 heteroatoms. The van der Waals surface area contributed by atoms with Crippen molar-refractivity contribution < 1.29 is 0 Å². The zero-order chi connectivity index (χ0) is 3.86. The first kappa shape index (κ1) is 2.97. The highest BCUT2D eigenvalue weighted by Crippen LogP contribution is 2.06. The molecule has 0 N–H and O–H groups in total. The predicted octanol–water partition coefficient (Wildman–Crippen LogP) is 0.442. The molecule has 1 aliphatic rings. The maximum Gasteiger partial charge on any atom is 0.237 e. The summed E-state index contributed by atoms with van der Waals surface area (Å²) in [4.78, 5) is 0. The van der Waals surface area contributed by atoms with Crippen LogP contribution in [0.25, 0.3) is 0 Å². The molecule has 0 aromatic heterocycles. The smallest absolute Gasteiger partial charge is 0.237 e. The number of rotatable bonds is 0. The minimum atomic E-state index is 0.602. The summed E-state index contributed by atoms with van der Waals surface area (Å²) in [7, 11) is 1.79. The molecule has 0 saturated carbocycles. The Morgan fingerprint density at radius 2 is 2.20 bits per heavy atom. The fourth-order valence-electron chi connectivity index (χ4n) is 0.101. The summed E-state index contributed by atoms with van der Waals surface area (Å²) >= 11 is 5.21. The van der Waals surface area contributed by atoms with E-state index in [2.05, 4.69) is 5.10 Å². The maximum absolute atomic E-state index is 5.21. The molecule has 28 valence electrons. The summed E-state index contributed by atoms with van der Waals surface area (Å²) in [5.41, 5.74) is 0. The minimum Gasteiger partial charge on any atom is -0.237 e. The van der Waals surface area contributed by atoms with Crippen LogP contribution in [0.3, 0.4) is 0 Å². The van der Waals surface area contributed by atoms with E-state index in [1.54, 1.807) is 12.1 Å². The van der Waals surface area contributed by atoms with E-state index in [1.807, 2.05) is 0 Å². The zero-order valence-corrected chi connectivity index (χ0v) is 3.53. The zero-order valence-electron chi connectivity index (χ0n) is 2.77. The van der Waals surface area contributed by atoms with Gasteiger partial charge in [0, 0.05) is 7.05 Å². The molecule has 0 saturated heterocycles.